The molecule has 1 heterocycles. The molecule has 1 aliphatic rings. The standard InChI is InChI=1S/C21H22ClN3O2/c22-17-3-1-2-15(12-17)4-10-20(26)25-18-6-8-19(9-7-18)27-21-11-5-16(13-23)14-24-21/h1-3,5,11-12,14,18-19H,4,6-10H2,(H,25,26). The lowest BCUT2D eigenvalue weighted by Gasteiger charge is -2.29. The van der Waals surface area contributed by atoms with Gasteiger partial charge in [0.2, 0.25) is 11.8 Å². The number of rotatable bonds is 6. The van der Waals surface area contributed by atoms with Crippen LogP contribution in [0, 0.1) is 11.3 Å². The third-order valence-corrected chi connectivity index (χ3v) is 4.96. The number of amides is 1. The highest BCUT2D eigenvalue weighted by atomic mass is 35.5. The number of nitriles is 1. The van der Waals surface area contributed by atoms with Gasteiger partial charge in [-0.2, -0.15) is 5.26 Å². The van der Waals surface area contributed by atoms with E-state index in [9.17, 15) is 4.79 Å². The predicted octanol–water partition coefficient (Wildman–Crippen LogP) is 4.05. The topological polar surface area (TPSA) is 75.0 Å². The van der Waals surface area contributed by atoms with Crippen molar-refractivity contribution in [2.24, 2.45) is 0 Å². The number of aryl methyl sites for hydroxylation is 1. The zero-order chi connectivity index (χ0) is 19.1. The molecule has 1 fully saturated rings. The van der Waals surface area contributed by atoms with Crippen LogP contribution in [0.1, 0.15) is 43.2 Å². The third kappa shape index (κ3) is 5.97. The molecule has 3 rings (SSSR count). The molecule has 5 nitrogen and oxygen atoms in total. The molecule has 1 aromatic carbocycles. The number of hydrogen-bond acceptors (Lipinski definition) is 4. The van der Waals surface area contributed by atoms with Crippen LogP contribution in [0.4, 0.5) is 0 Å². The molecule has 0 atom stereocenters. The number of halogens is 1. The number of benzene rings is 1. The SMILES string of the molecule is N#Cc1ccc(OC2CCC(NC(=O)CCc3cccc(Cl)c3)CC2)nc1. The molecule has 0 spiro atoms. The Balaban J connectivity index is 1.38. The number of carbonyl (C=O) groups excluding carboxylic acids is 1. The Morgan fingerprint density at radius 1 is 1.26 bits per heavy atom. The van der Waals surface area contributed by atoms with Gasteiger partial charge in [-0.25, -0.2) is 4.98 Å². The van der Waals surface area contributed by atoms with Crippen molar-refractivity contribution < 1.29 is 9.53 Å². The zero-order valence-electron chi connectivity index (χ0n) is 15.0. The van der Waals surface area contributed by atoms with Crippen molar-refractivity contribution in [2.45, 2.75) is 50.7 Å². The van der Waals surface area contributed by atoms with Gasteiger partial charge in [0.05, 0.1) is 5.56 Å². The summed E-state index contributed by atoms with van der Waals surface area (Å²) in [6.07, 6.45) is 6.31. The molecule has 0 saturated heterocycles. The van der Waals surface area contributed by atoms with E-state index >= 15 is 0 Å². The number of hydrogen-bond donors (Lipinski definition) is 1. The van der Waals surface area contributed by atoms with Gasteiger partial charge >= 0.3 is 0 Å². The summed E-state index contributed by atoms with van der Waals surface area (Å²) in [6, 6.07) is 13.3. The molecule has 140 valence electrons. The second-order valence-electron chi connectivity index (χ2n) is 6.79. The minimum absolute atomic E-state index is 0.0769. The first kappa shape index (κ1) is 19.2. The fourth-order valence-corrected chi connectivity index (χ4v) is 3.47. The highest BCUT2D eigenvalue weighted by Crippen LogP contribution is 2.23. The minimum atomic E-state index is 0.0769. The van der Waals surface area contributed by atoms with Crippen LogP contribution >= 0.6 is 11.6 Å². The third-order valence-electron chi connectivity index (χ3n) is 4.72. The molecule has 0 bridgehead atoms. The van der Waals surface area contributed by atoms with E-state index in [-0.39, 0.29) is 18.1 Å². The first-order chi connectivity index (χ1) is 13.1. The second-order valence-corrected chi connectivity index (χ2v) is 7.22. The average molecular weight is 384 g/mol. The van der Waals surface area contributed by atoms with Gasteiger partial charge in [-0.05, 0) is 55.9 Å². The molecule has 1 saturated carbocycles. The van der Waals surface area contributed by atoms with Gasteiger partial charge in [-0.1, -0.05) is 23.7 Å². The Labute approximate surface area is 164 Å². The van der Waals surface area contributed by atoms with Crippen LogP contribution in [-0.2, 0) is 11.2 Å². The van der Waals surface area contributed by atoms with Crippen LogP contribution in [0.15, 0.2) is 42.6 Å². The van der Waals surface area contributed by atoms with Crippen LogP contribution in [0.2, 0.25) is 5.02 Å². The van der Waals surface area contributed by atoms with Crippen LogP contribution in [0.5, 0.6) is 5.88 Å². The molecule has 1 aliphatic carbocycles. The number of pyridine rings is 1. The number of ether oxygens (including phenoxy) is 1. The van der Waals surface area contributed by atoms with Crippen molar-refractivity contribution in [2.75, 3.05) is 0 Å². The van der Waals surface area contributed by atoms with E-state index < -0.39 is 0 Å². The van der Waals surface area contributed by atoms with Crippen molar-refractivity contribution in [3.63, 3.8) is 0 Å². The molecule has 1 N–H and O–H groups in total. The monoisotopic (exact) mass is 383 g/mol. The van der Waals surface area contributed by atoms with E-state index in [4.69, 9.17) is 21.6 Å². The van der Waals surface area contributed by atoms with Crippen LogP contribution in [0.25, 0.3) is 0 Å². The van der Waals surface area contributed by atoms with Crippen LogP contribution in [0.3, 0.4) is 0 Å². The van der Waals surface area contributed by atoms with Crippen molar-refractivity contribution in [3.8, 4) is 11.9 Å². The van der Waals surface area contributed by atoms with Gasteiger partial charge in [0, 0.05) is 29.7 Å². The molecule has 6 heteroatoms. The van der Waals surface area contributed by atoms with Crippen molar-refractivity contribution in [1.82, 2.24) is 10.3 Å². The molecule has 0 aliphatic heterocycles. The summed E-state index contributed by atoms with van der Waals surface area (Å²) in [4.78, 5) is 16.3. The molecule has 0 radical (unpaired) electrons. The van der Waals surface area contributed by atoms with E-state index in [1.807, 2.05) is 30.3 Å². The minimum Gasteiger partial charge on any atom is -0.474 e. The lowest BCUT2D eigenvalue weighted by molar-refractivity contribution is -0.122. The summed E-state index contributed by atoms with van der Waals surface area (Å²) in [5.41, 5.74) is 1.59. The summed E-state index contributed by atoms with van der Waals surface area (Å²) in [7, 11) is 0. The van der Waals surface area contributed by atoms with E-state index in [0.29, 0.717) is 29.3 Å². The molecular weight excluding hydrogens is 362 g/mol. The summed E-state index contributed by atoms with van der Waals surface area (Å²) in [5.74, 6) is 0.621. The summed E-state index contributed by atoms with van der Waals surface area (Å²) in [6.45, 7) is 0. The number of carbonyl (C=O) groups is 1. The molecular formula is C21H22ClN3O2. The average Bonchev–Trinajstić information content (AvgIpc) is 2.69. The fraction of sp³-hybridized carbons (Fsp3) is 0.381. The fourth-order valence-electron chi connectivity index (χ4n) is 3.26. The maximum atomic E-state index is 12.2. The van der Waals surface area contributed by atoms with Gasteiger partial charge in [0.1, 0.15) is 12.2 Å². The molecule has 2 aromatic rings. The maximum Gasteiger partial charge on any atom is 0.220 e. The van der Waals surface area contributed by atoms with Crippen LogP contribution < -0.4 is 10.1 Å². The first-order valence-corrected chi connectivity index (χ1v) is 9.57. The van der Waals surface area contributed by atoms with Gasteiger partial charge in [0.15, 0.2) is 0 Å². The van der Waals surface area contributed by atoms with Crippen molar-refractivity contribution >= 4 is 17.5 Å². The molecule has 27 heavy (non-hydrogen) atoms. The molecule has 0 unspecified atom stereocenters. The highest BCUT2D eigenvalue weighted by molar-refractivity contribution is 6.30. The molecule has 1 amide bonds. The Bertz CT molecular complexity index is 809. The molecule has 1 aromatic heterocycles. The van der Waals surface area contributed by atoms with Crippen molar-refractivity contribution in [3.05, 3.63) is 58.7 Å². The number of nitrogens with zero attached hydrogens (tertiary/aromatic N) is 2. The van der Waals surface area contributed by atoms with Gasteiger partial charge < -0.3 is 10.1 Å². The van der Waals surface area contributed by atoms with E-state index in [1.54, 1.807) is 12.1 Å². The smallest absolute Gasteiger partial charge is 0.220 e. The normalized spacial score (nSPS) is 19.1. The number of aromatic nitrogens is 1. The highest BCUT2D eigenvalue weighted by Gasteiger charge is 2.23. The van der Waals surface area contributed by atoms with E-state index in [2.05, 4.69) is 10.3 Å². The van der Waals surface area contributed by atoms with E-state index in [1.165, 1.54) is 6.20 Å². The first-order valence-electron chi connectivity index (χ1n) is 9.19. The predicted molar refractivity (Wildman–Crippen MR) is 104 cm³/mol. The number of nitrogens with one attached hydrogen (secondary N) is 1. The summed E-state index contributed by atoms with van der Waals surface area (Å²) in [5, 5.41) is 12.6. The van der Waals surface area contributed by atoms with Crippen molar-refractivity contribution in [1.29, 1.82) is 5.26 Å². The van der Waals surface area contributed by atoms with Gasteiger partial charge in [0.25, 0.3) is 0 Å². The zero-order valence-corrected chi connectivity index (χ0v) is 15.8. The Kier molecular flexibility index (Phi) is 6.67. The lowest BCUT2D eigenvalue weighted by Crippen LogP contribution is -2.39. The second kappa shape index (κ2) is 9.38. The van der Waals surface area contributed by atoms with Crippen LogP contribution in [-0.4, -0.2) is 23.0 Å². The lowest BCUT2D eigenvalue weighted by atomic mass is 9.92. The summed E-state index contributed by atoms with van der Waals surface area (Å²) < 4.78 is 5.88. The quantitative estimate of drug-likeness (QED) is 0.816. The van der Waals surface area contributed by atoms with Gasteiger partial charge in [-0.3, -0.25) is 4.79 Å². The Hall–Kier alpha value is -2.58. The van der Waals surface area contributed by atoms with E-state index in [0.717, 1.165) is 31.2 Å². The van der Waals surface area contributed by atoms with Gasteiger partial charge in [-0.15, -0.1) is 0 Å². The Morgan fingerprint density at radius 3 is 2.74 bits per heavy atom. The Morgan fingerprint density at radius 2 is 2.07 bits per heavy atom. The summed E-state index contributed by atoms with van der Waals surface area (Å²) >= 11 is 5.97. The maximum absolute atomic E-state index is 12.2. The largest absolute Gasteiger partial charge is 0.474 e.